The molecule has 1 N–H and O–H groups in total. The number of amides is 1. The summed E-state index contributed by atoms with van der Waals surface area (Å²) in [6.07, 6.45) is 0. The molecule has 1 saturated heterocycles. The molecule has 0 saturated carbocycles. The summed E-state index contributed by atoms with van der Waals surface area (Å²) in [5, 5.41) is 13.6. The number of hydrogen-bond donors (Lipinski definition) is 1. The van der Waals surface area contributed by atoms with Crippen LogP contribution in [-0.4, -0.2) is 54.6 Å². The topological polar surface area (TPSA) is 113 Å². The molecule has 182 valence electrons. The molecule has 4 rings (SSSR count). The van der Waals surface area contributed by atoms with Crippen molar-refractivity contribution in [3.05, 3.63) is 99.6 Å². The molecule has 0 radical (unpaired) electrons. The summed E-state index contributed by atoms with van der Waals surface area (Å²) in [5.41, 5.74) is 2.72. The van der Waals surface area contributed by atoms with Crippen molar-refractivity contribution in [2.45, 2.75) is 18.4 Å². The van der Waals surface area contributed by atoms with Crippen LogP contribution in [0.25, 0.3) is 0 Å². The molecule has 0 unspecified atom stereocenters. The lowest BCUT2D eigenvalue weighted by atomic mass is 10.1. The molecule has 1 amide bonds. The second-order valence-corrected chi connectivity index (χ2v) is 10.4. The van der Waals surface area contributed by atoms with Gasteiger partial charge in [-0.3, -0.25) is 19.8 Å². The summed E-state index contributed by atoms with van der Waals surface area (Å²) >= 11 is 0. The minimum absolute atomic E-state index is 0.0927. The first-order chi connectivity index (χ1) is 16.7. The van der Waals surface area contributed by atoms with Crippen LogP contribution in [0, 0.1) is 17.0 Å². The van der Waals surface area contributed by atoms with Gasteiger partial charge in [0.25, 0.3) is 11.6 Å². The van der Waals surface area contributed by atoms with Crippen LogP contribution in [0.15, 0.2) is 77.7 Å². The largest absolute Gasteiger partial charge is 0.322 e. The van der Waals surface area contributed by atoms with Gasteiger partial charge in [-0.15, -0.1) is 0 Å². The first-order valence-corrected chi connectivity index (χ1v) is 12.6. The second-order valence-electron chi connectivity index (χ2n) is 8.45. The third-order valence-electron chi connectivity index (χ3n) is 5.93. The number of sulfonamides is 1. The first kappa shape index (κ1) is 24.5. The number of benzene rings is 3. The monoisotopic (exact) mass is 494 g/mol. The van der Waals surface area contributed by atoms with Crippen LogP contribution in [0.3, 0.4) is 0 Å². The van der Waals surface area contributed by atoms with Gasteiger partial charge in [-0.25, -0.2) is 8.42 Å². The van der Waals surface area contributed by atoms with Crippen molar-refractivity contribution in [3.8, 4) is 0 Å². The number of piperazine rings is 1. The van der Waals surface area contributed by atoms with Gasteiger partial charge in [-0.1, -0.05) is 35.9 Å². The SMILES string of the molecule is Cc1ccc(S(=O)(=O)N2CCN(Cc3ccc(C(=O)Nc4cccc([N+](=O)[O-])c4)cc3)CC2)cc1. The van der Waals surface area contributed by atoms with E-state index in [4.69, 9.17) is 0 Å². The molecule has 3 aromatic rings. The standard InChI is InChI=1S/C25H26N4O5S/c1-19-5-11-24(12-6-19)35(33,34)28-15-13-27(14-16-28)18-20-7-9-21(10-8-20)25(30)26-22-3-2-4-23(17-22)29(31)32/h2-12,17H,13-16,18H2,1H3,(H,26,30). The van der Waals surface area contributed by atoms with E-state index in [1.165, 1.54) is 22.5 Å². The van der Waals surface area contributed by atoms with Crippen molar-refractivity contribution in [1.82, 2.24) is 9.21 Å². The van der Waals surface area contributed by atoms with Crippen LogP contribution in [0.5, 0.6) is 0 Å². The second kappa shape index (κ2) is 10.3. The average Bonchev–Trinajstić information content (AvgIpc) is 2.85. The number of nitrogens with one attached hydrogen (secondary N) is 1. The van der Waals surface area contributed by atoms with E-state index in [2.05, 4.69) is 10.2 Å². The van der Waals surface area contributed by atoms with E-state index in [1.54, 1.807) is 42.5 Å². The third kappa shape index (κ3) is 5.91. The predicted molar refractivity (Wildman–Crippen MR) is 133 cm³/mol. The first-order valence-electron chi connectivity index (χ1n) is 11.2. The van der Waals surface area contributed by atoms with Gasteiger partial charge in [0.05, 0.1) is 9.82 Å². The Balaban J connectivity index is 1.31. The van der Waals surface area contributed by atoms with Crippen LogP contribution in [-0.2, 0) is 16.6 Å². The van der Waals surface area contributed by atoms with Crippen LogP contribution >= 0.6 is 0 Å². The maximum Gasteiger partial charge on any atom is 0.271 e. The fraction of sp³-hybridized carbons (Fsp3) is 0.240. The highest BCUT2D eigenvalue weighted by Crippen LogP contribution is 2.20. The quantitative estimate of drug-likeness (QED) is 0.396. The summed E-state index contributed by atoms with van der Waals surface area (Å²) in [5.74, 6) is -0.355. The van der Waals surface area contributed by atoms with Crippen LogP contribution in [0.4, 0.5) is 11.4 Å². The molecule has 0 aromatic heterocycles. The molecular formula is C25H26N4O5S. The number of nitro groups is 1. The number of carbonyl (C=O) groups excluding carboxylic acids is 1. The van der Waals surface area contributed by atoms with Crippen molar-refractivity contribution in [2.24, 2.45) is 0 Å². The van der Waals surface area contributed by atoms with Gasteiger partial charge < -0.3 is 5.32 Å². The minimum Gasteiger partial charge on any atom is -0.322 e. The number of hydrogen-bond acceptors (Lipinski definition) is 6. The number of non-ortho nitro benzene ring substituents is 1. The molecule has 35 heavy (non-hydrogen) atoms. The molecule has 0 bridgehead atoms. The molecule has 9 nitrogen and oxygen atoms in total. The van der Waals surface area contributed by atoms with Crippen molar-refractivity contribution < 1.29 is 18.1 Å². The van der Waals surface area contributed by atoms with Crippen molar-refractivity contribution >= 4 is 27.3 Å². The molecule has 1 heterocycles. The zero-order valence-corrected chi connectivity index (χ0v) is 20.1. The summed E-state index contributed by atoms with van der Waals surface area (Å²) in [4.78, 5) is 25.4. The van der Waals surface area contributed by atoms with E-state index >= 15 is 0 Å². The molecule has 1 fully saturated rings. The molecule has 0 aliphatic carbocycles. The van der Waals surface area contributed by atoms with E-state index in [-0.39, 0.29) is 11.6 Å². The molecule has 3 aromatic carbocycles. The van der Waals surface area contributed by atoms with Gasteiger partial charge in [0.15, 0.2) is 0 Å². The normalized spacial score (nSPS) is 15.0. The van der Waals surface area contributed by atoms with Gasteiger partial charge in [-0.2, -0.15) is 4.31 Å². The van der Waals surface area contributed by atoms with E-state index in [9.17, 15) is 23.3 Å². The van der Waals surface area contributed by atoms with Crippen LogP contribution in [0.2, 0.25) is 0 Å². The Morgan fingerprint density at radius 1 is 0.971 bits per heavy atom. The lowest BCUT2D eigenvalue weighted by Crippen LogP contribution is -2.48. The highest BCUT2D eigenvalue weighted by molar-refractivity contribution is 7.89. The molecule has 10 heteroatoms. The van der Waals surface area contributed by atoms with Gasteiger partial charge in [0, 0.05) is 56.1 Å². The van der Waals surface area contributed by atoms with Crippen molar-refractivity contribution in [1.29, 1.82) is 0 Å². The zero-order valence-electron chi connectivity index (χ0n) is 19.3. The van der Waals surface area contributed by atoms with Crippen molar-refractivity contribution in [3.63, 3.8) is 0 Å². The Kier molecular flexibility index (Phi) is 7.25. The zero-order chi connectivity index (χ0) is 25.0. The molecule has 0 atom stereocenters. The Labute approximate surface area is 204 Å². The predicted octanol–water partition coefficient (Wildman–Crippen LogP) is 3.66. The maximum atomic E-state index is 12.9. The number of aryl methyl sites for hydroxylation is 1. The van der Waals surface area contributed by atoms with Gasteiger partial charge >= 0.3 is 0 Å². The average molecular weight is 495 g/mol. The lowest BCUT2D eigenvalue weighted by Gasteiger charge is -2.34. The number of rotatable bonds is 7. The van der Waals surface area contributed by atoms with Gasteiger partial charge in [0.2, 0.25) is 10.0 Å². The fourth-order valence-electron chi connectivity index (χ4n) is 3.91. The molecule has 1 aliphatic heterocycles. The van der Waals surface area contributed by atoms with E-state index < -0.39 is 14.9 Å². The highest BCUT2D eigenvalue weighted by Gasteiger charge is 2.28. The lowest BCUT2D eigenvalue weighted by molar-refractivity contribution is -0.384. The number of carbonyl (C=O) groups is 1. The highest BCUT2D eigenvalue weighted by atomic mass is 32.2. The maximum absolute atomic E-state index is 12.9. The molecule has 1 aliphatic rings. The molecule has 0 spiro atoms. The summed E-state index contributed by atoms with van der Waals surface area (Å²) < 4.78 is 27.3. The smallest absolute Gasteiger partial charge is 0.271 e. The Morgan fingerprint density at radius 2 is 1.63 bits per heavy atom. The summed E-state index contributed by atoms with van der Waals surface area (Å²) in [6.45, 7) is 4.62. The Morgan fingerprint density at radius 3 is 2.26 bits per heavy atom. The molecular weight excluding hydrogens is 468 g/mol. The Hall–Kier alpha value is -3.60. The van der Waals surface area contributed by atoms with Crippen LogP contribution < -0.4 is 5.32 Å². The third-order valence-corrected chi connectivity index (χ3v) is 7.84. The fourth-order valence-corrected chi connectivity index (χ4v) is 5.33. The van der Waals surface area contributed by atoms with Gasteiger partial charge in [0.1, 0.15) is 0 Å². The number of nitro benzene ring substituents is 1. The Bertz CT molecular complexity index is 1320. The summed E-state index contributed by atoms with van der Waals surface area (Å²) in [7, 11) is -3.50. The number of anilines is 1. The van der Waals surface area contributed by atoms with E-state index in [1.807, 2.05) is 19.1 Å². The van der Waals surface area contributed by atoms with Crippen LogP contribution in [0.1, 0.15) is 21.5 Å². The summed E-state index contributed by atoms with van der Waals surface area (Å²) in [6, 6.07) is 19.8. The van der Waals surface area contributed by atoms with E-state index in [0.717, 1.165) is 11.1 Å². The minimum atomic E-state index is -3.50. The number of nitrogens with zero attached hydrogens (tertiary/aromatic N) is 3. The van der Waals surface area contributed by atoms with Gasteiger partial charge in [-0.05, 0) is 42.8 Å². The van der Waals surface area contributed by atoms with E-state index in [0.29, 0.717) is 48.9 Å². The van der Waals surface area contributed by atoms with Crippen molar-refractivity contribution in [2.75, 3.05) is 31.5 Å².